The van der Waals surface area contributed by atoms with Crippen molar-refractivity contribution < 1.29 is 23.9 Å². The Kier molecular flexibility index (Phi) is 6.76. The molecule has 0 spiro atoms. The first kappa shape index (κ1) is 26.9. The summed E-state index contributed by atoms with van der Waals surface area (Å²) in [6, 6.07) is 20.6. The Morgan fingerprint density at radius 1 is 0.805 bits per heavy atom. The van der Waals surface area contributed by atoms with Crippen LogP contribution >= 0.6 is 0 Å². The Morgan fingerprint density at radius 3 is 1.80 bits per heavy atom. The number of amides is 3. The van der Waals surface area contributed by atoms with Crippen LogP contribution in [0.1, 0.15) is 65.5 Å². The molecule has 2 bridgehead atoms. The number of nitrogens with zero attached hydrogens (tertiary/aromatic N) is 1. The minimum atomic E-state index is -1.10. The molecule has 1 N–H and O–H groups in total. The van der Waals surface area contributed by atoms with Crippen LogP contribution in [0.15, 0.2) is 66.7 Å². The van der Waals surface area contributed by atoms with Gasteiger partial charge in [0.05, 0.1) is 11.8 Å². The average Bonchev–Trinajstić information content (AvgIpc) is 3.22. The maximum absolute atomic E-state index is 14.2. The number of rotatable bonds is 7. The number of esters is 1. The van der Waals surface area contributed by atoms with Gasteiger partial charge in [0, 0.05) is 17.5 Å². The number of carbonyl (C=O) groups is 4. The van der Waals surface area contributed by atoms with Gasteiger partial charge in [0.1, 0.15) is 6.04 Å². The van der Waals surface area contributed by atoms with Gasteiger partial charge in [-0.2, -0.15) is 0 Å². The van der Waals surface area contributed by atoms with Gasteiger partial charge < -0.3 is 10.1 Å². The van der Waals surface area contributed by atoms with E-state index in [0.717, 1.165) is 38.3 Å². The standard InChI is InChI=1S/C34H34N2O5/c1-18(2)16-26(34(40)41-17-27(37)35-25-15-9-10-19(3)20(25)4)36-32(38)30-28-21-11-5-6-12-22(21)29(31(30)33(36)39)24-14-8-7-13-23(24)28/h5-15,18,26,28-31H,16-17H2,1-4H3,(H,35,37)/t26-,28?,29?,30-,31+/m1/s1. The number of likely N-dealkylation sites (tertiary alicyclic amines) is 1. The third kappa shape index (κ3) is 4.35. The molecule has 1 heterocycles. The van der Waals surface area contributed by atoms with Crippen LogP contribution in [0.5, 0.6) is 0 Å². The van der Waals surface area contributed by atoms with E-state index in [9.17, 15) is 19.2 Å². The van der Waals surface area contributed by atoms with Crippen molar-refractivity contribution in [1.29, 1.82) is 0 Å². The number of imide groups is 1. The van der Waals surface area contributed by atoms with Crippen molar-refractivity contribution in [3.63, 3.8) is 0 Å². The highest BCUT2D eigenvalue weighted by atomic mass is 16.5. The molecule has 3 amide bonds. The van der Waals surface area contributed by atoms with Crippen molar-refractivity contribution >= 4 is 29.4 Å². The van der Waals surface area contributed by atoms with Gasteiger partial charge in [0.2, 0.25) is 11.8 Å². The summed E-state index contributed by atoms with van der Waals surface area (Å²) in [5.74, 6) is -3.53. The molecule has 0 aromatic heterocycles. The third-order valence-electron chi connectivity index (χ3n) is 8.99. The van der Waals surface area contributed by atoms with E-state index in [-0.39, 0.29) is 36.0 Å². The first-order chi connectivity index (χ1) is 19.7. The van der Waals surface area contributed by atoms with Crippen molar-refractivity contribution in [3.8, 4) is 0 Å². The lowest BCUT2D eigenvalue weighted by molar-refractivity contribution is -0.160. The molecule has 1 fully saturated rings. The number of benzene rings is 3. The molecule has 7 nitrogen and oxygen atoms in total. The molecule has 41 heavy (non-hydrogen) atoms. The number of anilines is 1. The third-order valence-corrected chi connectivity index (χ3v) is 8.99. The molecule has 210 valence electrons. The van der Waals surface area contributed by atoms with E-state index in [2.05, 4.69) is 5.32 Å². The largest absolute Gasteiger partial charge is 0.454 e. The highest BCUT2D eigenvalue weighted by molar-refractivity contribution is 6.10. The SMILES string of the molecule is Cc1cccc(NC(=O)COC(=O)[C@@H](CC(C)C)N2C(=O)[C@@H]3C4c5ccccc5C(c5ccccc54)[C@@H]3C2=O)c1C. The maximum Gasteiger partial charge on any atom is 0.329 e. The van der Waals surface area contributed by atoms with E-state index >= 15 is 0 Å². The second-order valence-electron chi connectivity index (χ2n) is 11.9. The van der Waals surface area contributed by atoms with Gasteiger partial charge in [-0.1, -0.05) is 74.5 Å². The van der Waals surface area contributed by atoms with Crippen molar-refractivity contribution in [1.82, 2.24) is 4.90 Å². The van der Waals surface area contributed by atoms with Crippen LogP contribution in [0, 0.1) is 31.6 Å². The van der Waals surface area contributed by atoms with Gasteiger partial charge in [0.25, 0.3) is 5.91 Å². The molecule has 7 heteroatoms. The summed E-state index contributed by atoms with van der Waals surface area (Å²) < 4.78 is 5.47. The zero-order valence-corrected chi connectivity index (χ0v) is 23.7. The van der Waals surface area contributed by atoms with Crippen LogP contribution in [-0.2, 0) is 23.9 Å². The van der Waals surface area contributed by atoms with Gasteiger partial charge in [-0.3, -0.25) is 19.3 Å². The lowest BCUT2D eigenvalue weighted by Gasteiger charge is -2.45. The zero-order chi connectivity index (χ0) is 29.0. The Balaban J connectivity index is 1.27. The van der Waals surface area contributed by atoms with Crippen molar-refractivity contribution in [2.24, 2.45) is 17.8 Å². The Hall–Kier alpha value is -4.26. The van der Waals surface area contributed by atoms with Gasteiger partial charge in [-0.25, -0.2) is 4.79 Å². The van der Waals surface area contributed by atoms with Gasteiger partial charge in [-0.15, -0.1) is 0 Å². The van der Waals surface area contributed by atoms with Gasteiger partial charge in [0.15, 0.2) is 6.61 Å². The van der Waals surface area contributed by atoms with Crippen molar-refractivity contribution in [2.75, 3.05) is 11.9 Å². The van der Waals surface area contributed by atoms with E-state index in [4.69, 9.17) is 4.74 Å². The summed E-state index contributed by atoms with van der Waals surface area (Å²) in [4.78, 5) is 55.7. The number of aryl methyl sites for hydroxylation is 1. The van der Waals surface area contributed by atoms with Crippen LogP contribution in [0.2, 0.25) is 0 Å². The molecule has 3 aliphatic carbocycles. The molecular formula is C34H34N2O5. The number of ether oxygens (including phenoxy) is 1. The van der Waals surface area contributed by atoms with Crippen molar-refractivity contribution in [2.45, 2.75) is 52.0 Å². The average molecular weight is 551 g/mol. The molecule has 0 radical (unpaired) electrons. The lowest BCUT2D eigenvalue weighted by Crippen LogP contribution is -2.47. The predicted molar refractivity (Wildman–Crippen MR) is 154 cm³/mol. The van der Waals surface area contributed by atoms with Crippen molar-refractivity contribution in [3.05, 3.63) is 100 Å². The summed E-state index contributed by atoms with van der Waals surface area (Å²) in [6.45, 7) is 7.21. The fraction of sp³-hybridized carbons (Fsp3) is 0.353. The first-order valence-corrected chi connectivity index (χ1v) is 14.3. The molecule has 4 aliphatic rings. The van der Waals surface area contributed by atoms with Gasteiger partial charge in [-0.05, 0) is 65.6 Å². The molecule has 0 saturated carbocycles. The topological polar surface area (TPSA) is 92.8 Å². The molecule has 3 aromatic rings. The number of hydrogen-bond acceptors (Lipinski definition) is 5. The van der Waals surface area contributed by atoms with Crippen LogP contribution in [0.25, 0.3) is 0 Å². The fourth-order valence-electron chi connectivity index (χ4n) is 7.07. The smallest absolute Gasteiger partial charge is 0.329 e. The summed E-state index contributed by atoms with van der Waals surface area (Å²) in [7, 11) is 0. The quantitative estimate of drug-likeness (QED) is 0.327. The van der Waals surface area contributed by atoms with Crippen LogP contribution in [0.4, 0.5) is 5.69 Å². The van der Waals surface area contributed by atoms with E-state index in [1.165, 1.54) is 0 Å². The van der Waals surface area contributed by atoms with E-state index < -0.39 is 36.4 Å². The van der Waals surface area contributed by atoms with Crippen LogP contribution < -0.4 is 5.32 Å². The van der Waals surface area contributed by atoms with Crippen LogP contribution in [0.3, 0.4) is 0 Å². The first-order valence-electron chi connectivity index (χ1n) is 14.3. The summed E-state index contributed by atoms with van der Waals surface area (Å²) in [6.07, 6.45) is 0.254. The highest BCUT2D eigenvalue weighted by Crippen LogP contribution is 2.61. The normalized spacial score (nSPS) is 22.7. The maximum atomic E-state index is 14.2. The molecule has 1 aliphatic heterocycles. The van der Waals surface area contributed by atoms with E-state index in [1.807, 2.05) is 88.4 Å². The summed E-state index contributed by atoms with van der Waals surface area (Å²) >= 11 is 0. The second kappa shape index (κ2) is 10.3. The molecule has 3 atom stereocenters. The highest BCUT2D eigenvalue weighted by Gasteiger charge is 2.63. The summed E-state index contributed by atoms with van der Waals surface area (Å²) in [5.41, 5.74) is 6.91. The lowest BCUT2D eigenvalue weighted by atomic mass is 9.55. The predicted octanol–water partition coefficient (Wildman–Crippen LogP) is 5.09. The zero-order valence-electron chi connectivity index (χ0n) is 23.7. The van der Waals surface area contributed by atoms with Crippen LogP contribution in [-0.4, -0.2) is 41.2 Å². The Labute approximate surface area is 239 Å². The summed E-state index contributed by atoms with van der Waals surface area (Å²) in [5, 5.41) is 2.79. The van der Waals surface area contributed by atoms with E-state index in [1.54, 1.807) is 6.07 Å². The molecular weight excluding hydrogens is 516 g/mol. The monoisotopic (exact) mass is 550 g/mol. The molecule has 3 aromatic carbocycles. The Morgan fingerprint density at radius 2 is 1.32 bits per heavy atom. The molecule has 1 saturated heterocycles. The number of hydrogen-bond donors (Lipinski definition) is 1. The minimum Gasteiger partial charge on any atom is -0.454 e. The molecule has 0 unspecified atom stereocenters. The van der Waals surface area contributed by atoms with Gasteiger partial charge >= 0.3 is 5.97 Å². The molecule has 7 rings (SSSR count). The Bertz CT molecular complexity index is 1460. The van der Waals surface area contributed by atoms with E-state index in [0.29, 0.717) is 5.69 Å². The minimum absolute atomic E-state index is 0.00524. The number of carbonyl (C=O) groups excluding carboxylic acids is 4. The fourth-order valence-corrected chi connectivity index (χ4v) is 7.07. The number of nitrogens with one attached hydrogen (secondary N) is 1. The second-order valence-corrected chi connectivity index (χ2v) is 11.9.